The zero-order chi connectivity index (χ0) is 16.9. The number of anilines is 1. The van der Waals surface area contributed by atoms with Crippen LogP contribution in [0.5, 0.6) is 11.5 Å². The smallest absolute Gasteiger partial charge is 0.238 e. The van der Waals surface area contributed by atoms with E-state index in [0.717, 1.165) is 19.4 Å². The minimum atomic E-state index is -0.0260. The number of carbonyl (C=O) groups is 1. The lowest BCUT2D eigenvalue weighted by molar-refractivity contribution is -0.117. The van der Waals surface area contributed by atoms with E-state index >= 15 is 0 Å². The molecule has 2 aromatic rings. The van der Waals surface area contributed by atoms with Gasteiger partial charge >= 0.3 is 0 Å². The normalized spacial score (nSPS) is 17.7. The number of hydrogen-bond donors (Lipinski definition) is 1. The molecular weight excluding hydrogens is 324 g/mol. The molecule has 128 valence electrons. The Morgan fingerprint density at radius 3 is 2.92 bits per heavy atom. The first kappa shape index (κ1) is 16.8. The van der Waals surface area contributed by atoms with E-state index in [-0.39, 0.29) is 5.91 Å². The van der Waals surface area contributed by atoms with Crippen LogP contribution >= 0.6 is 11.3 Å². The van der Waals surface area contributed by atoms with Crippen LogP contribution in [0, 0.1) is 0 Å². The highest BCUT2D eigenvalue weighted by Crippen LogP contribution is 2.34. The molecule has 1 fully saturated rings. The van der Waals surface area contributed by atoms with E-state index in [9.17, 15) is 4.79 Å². The number of benzene rings is 1. The molecule has 1 atom stereocenters. The molecule has 1 amide bonds. The van der Waals surface area contributed by atoms with Gasteiger partial charge in [0.2, 0.25) is 5.91 Å². The van der Waals surface area contributed by atoms with Gasteiger partial charge < -0.3 is 14.8 Å². The molecule has 1 N–H and O–H groups in total. The van der Waals surface area contributed by atoms with Crippen molar-refractivity contribution < 1.29 is 14.3 Å². The van der Waals surface area contributed by atoms with Gasteiger partial charge in [-0.25, -0.2) is 0 Å². The summed E-state index contributed by atoms with van der Waals surface area (Å²) in [6.07, 6.45) is 2.24. The summed E-state index contributed by atoms with van der Waals surface area (Å²) in [5.41, 5.74) is 0.662. The zero-order valence-corrected chi connectivity index (χ0v) is 14.8. The highest BCUT2D eigenvalue weighted by molar-refractivity contribution is 7.10. The average molecular weight is 346 g/mol. The van der Waals surface area contributed by atoms with Gasteiger partial charge in [-0.05, 0) is 43.0 Å². The van der Waals surface area contributed by atoms with Gasteiger partial charge in [-0.3, -0.25) is 9.69 Å². The lowest BCUT2D eigenvalue weighted by Crippen LogP contribution is -2.32. The van der Waals surface area contributed by atoms with E-state index in [2.05, 4.69) is 27.7 Å². The Kier molecular flexibility index (Phi) is 5.37. The molecule has 1 aromatic carbocycles. The maximum Gasteiger partial charge on any atom is 0.238 e. The molecule has 0 bridgehead atoms. The maximum atomic E-state index is 12.5. The topological polar surface area (TPSA) is 50.8 Å². The lowest BCUT2D eigenvalue weighted by Gasteiger charge is -2.23. The summed E-state index contributed by atoms with van der Waals surface area (Å²) in [6, 6.07) is 9.95. The van der Waals surface area contributed by atoms with Gasteiger partial charge in [0.1, 0.15) is 11.5 Å². The van der Waals surface area contributed by atoms with E-state index in [1.54, 1.807) is 37.7 Å². The number of likely N-dealkylation sites (tertiary alicyclic amines) is 1. The van der Waals surface area contributed by atoms with Crippen LogP contribution in [0.3, 0.4) is 0 Å². The van der Waals surface area contributed by atoms with Crippen LogP contribution in [0.2, 0.25) is 0 Å². The summed E-state index contributed by atoms with van der Waals surface area (Å²) in [5, 5.41) is 5.04. The molecular formula is C18H22N2O3S. The highest BCUT2D eigenvalue weighted by Gasteiger charge is 2.28. The van der Waals surface area contributed by atoms with Gasteiger partial charge in [0.25, 0.3) is 0 Å². The Morgan fingerprint density at radius 2 is 2.21 bits per heavy atom. The van der Waals surface area contributed by atoms with Crippen molar-refractivity contribution in [1.82, 2.24) is 4.90 Å². The molecule has 1 saturated heterocycles. The van der Waals surface area contributed by atoms with Crippen molar-refractivity contribution >= 4 is 22.9 Å². The molecule has 1 aromatic heterocycles. The van der Waals surface area contributed by atoms with Crippen LogP contribution in [0.15, 0.2) is 35.7 Å². The second-order valence-corrected chi connectivity index (χ2v) is 6.74. The summed E-state index contributed by atoms with van der Waals surface area (Å²) >= 11 is 1.76. The molecule has 0 radical (unpaired) electrons. The molecule has 1 aliphatic rings. The summed E-state index contributed by atoms with van der Waals surface area (Å²) in [5.74, 6) is 1.27. The second kappa shape index (κ2) is 7.68. The van der Waals surface area contributed by atoms with E-state index in [1.807, 2.05) is 6.07 Å². The first-order valence-electron chi connectivity index (χ1n) is 8.00. The van der Waals surface area contributed by atoms with Gasteiger partial charge in [-0.2, -0.15) is 0 Å². The fourth-order valence-electron chi connectivity index (χ4n) is 3.09. The Balaban J connectivity index is 1.65. The molecule has 0 spiro atoms. The number of amides is 1. The van der Waals surface area contributed by atoms with Crippen molar-refractivity contribution in [3.8, 4) is 11.5 Å². The fourth-order valence-corrected chi connectivity index (χ4v) is 3.99. The standard InChI is InChI=1S/C18H22N2O3S/c1-22-13-7-8-14(16(11-13)23-2)19-18(21)12-20-9-3-5-15(20)17-6-4-10-24-17/h4,6-8,10-11,15H,3,5,9,12H2,1-2H3,(H,19,21)/t15-/m0/s1. The third-order valence-electron chi connectivity index (χ3n) is 4.26. The van der Waals surface area contributed by atoms with E-state index in [0.29, 0.717) is 29.8 Å². The first-order valence-corrected chi connectivity index (χ1v) is 8.88. The molecule has 0 saturated carbocycles. The van der Waals surface area contributed by atoms with Crippen molar-refractivity contribution in [3.05, 3.63) is 40.6 Å². The first-order chi connectivity index (χ1) is 11.7. The molecule has 3 rings (SSSR count). The minimum absolute atomic E-state index is 0.0260. The van der Waals surface area contributed by atoms with Crippen molar-refractivity contribution in [2.24, 2.45) is 0 Å². The number of ether oxygens (including phenoxy) is 2. The van der Waals surface area contributed by atoms with Crippen LogP contribution in [0.4, 0.5) is 5.69 Å². The number of methoxy groups -OCH3 is 2. The maximum absolute atomic E-state index is 12.5. The molecule has 1 aliphatic heterocycles. The number of nitrogens with one attached hydrogen (secondary N) is 1. The van der Waals surface area contributed by atoms with Crippen molar-refractivity contribution in [1.29, 1.82) is 0 Å². The van der Waals surface area contributed by atoms with Crippen LogP contribution in [-0.2, 0) is 4.79 Å². The number of nitrogens with zero attached hydrogens (tertiary/aromatic N) is 1. The van der Waals surface area contributed by atoms with Gasteiger partial charge in [0, 0.05) is 17.0 Å². The Hall–Kier alpha value is -2.05. The number of carbonyl (C=O) groups excluding carboxylic acids is 1. The van der Waals surface area contributed by atoms with Crippen LogP contribution in [-0.4, -0.2) is 38.1 Å². The Bertz CT molecular complexity index is 688. The Labute approximate surface area is 146 Å². The van der Waals surface area contributed by atoms with Crippen LogP contribution in [0.1, 0.15) is 23.8 Å². The minimum Gasteiger partial charge on any atom is -0.497 e. The Morgan fingerprint density at radius 1 is 1.33 bits per heavy atom. The van der Waals surface area contributed by atoms with Gasteiger partial charge in [-0.15, -0.1) is 11.3 Å². The molecule has 0 aliphatic carbocycles. The van der Waals surface area contributed by atoms with Crippen molar-refractivity contribution in [2.75, 3.05) is 32.6 Å². The van der Waals surface area contributed by atoms with Crippen LogP contribution < -0.4 is 14.8 Å². The van der Waals surface area contributed by atoms with Crippen LogP contribution in [0.25, 0.3) is 0 Å². The predicted octanol–water partition coefficient (Wildman–Crippen LogP) is 3.54. The quantitative estimate of drug-likeness (QED) is 0.869. The molecule has 0 unspecified atom stereocenters. The van der Waals surface area contributed by atoms with Gasteiger partial charge in [0.15, 0.2) is 0 Å². The van der Waals surface area contributed by atoms with Crippen molar-refractivity contribution in [2.45, 2.75) is 18.9 Å². The summed E-state index contributed by atoms with van der Waals surface area (Å²) in [6.45, 7) is 1.34. The number of thiophene rings is 1. The second-order valence-electron chi connectivity index (χ2n) is 5.76. The molecule has 5 nitrogen and oxygen atoms in total. The zero-order valence-electron chi connectivity index (χ0n) is 14.0. The van der Waals surface area contributed by atoms with E-state index in [4.69, 9.17) is 9.47 Å². The monoisotopic (exact) mass is 346 g/mol. The number of hydrogen-bond acceptors (Lipinski definition) is 5. The summed E-state index contributed by atoms with van der Waals surface area (Å²) in [4.78, 5) is 16.1. The predicted molar refractivity (Wildman–Crippen MR) is 96.0 cm³/mol. The highest BCUT2D eigenvalue weighted by atomic mass is 32.1. The lowest BCUT2D eigenvalue weighted by atomic mass is 10.2. The van der Waals surface area contributed by atoms with E-state index < -0.39 is 0 Å². The van der Waals surface area contributed by atoms with Crippen molar-refractivity contribution in [3.63, 3.8) is 0 Å². The fraction of sp³-hybridized carbons (Fsp3) is 0.389. The van der Waals surface area contributed by atoms with Gasteiger partial charge in [-0.1, -0.05) is 6.07 Å². The molecule has 2 heterocycles. The summed E-state index contributed by atoms with van der Waals surface area (Å²) in [7, 11) is 3.18. The third kappa shape index (κ3) is 3.71. The average Bonchev–Trinajstić information content (AvgIpc) is 3.26. The third-order valence-corrected chi connectivity index (χ3v) is 5.24. The van der Waals surface area contributed by atoms with E-state index in [1.165, 1.54) is 4.88 Å². The largest absolute Gasteiger partial charge is 0.497 e. The van der Waals surface area contributed by atoms with Gasteiger partial charge in [0.05, 0.1) is 26.5 Å². The summed E-state index contributed by atoms with van der Waals surface area (Å²) < 4.78 is 10.5. The SMILES string of the molecule is COc1ccc(NC(=O)CN2CCC[C@H]2c2cccs2)c(OC)c1. The molecule has 24 heavy (non-hydrogen) atoms. The molecule has 6 heteroatoms. The number of rotatable bonds is 6.